The molecular weight excluding hydrogens is 310 g/mol. The monoisotopic (exact) mass is 339 g/mol. The SMILES string of the molecule is Cn1ccnc1CN1CCN(CCN2CCCc3ccccc32)CC1. The summed E-state index contributed by atoms with van der Waals surface area (Å²) in [6.07, 6.45) is 6.44. The van der Waals surface area contributed by atoms with Gasteiger partial charge >= 0.3 is 0 Å². The van der Waals surface area contributed by atoms with E-state index < -0.39 is 0 Å². The lowest BCUT2D eigenvalue weighted by molar-refractivity contribution is 0.126. The number of imidazole rings is 1. The number of aryl methyl sites for hydroxylation is 2. The molecule has 0 N–H and O–H groups in total. The van der Waals surface area contributed by atoms with Gasteiger partial charge in [0.15, 0.2) is 0 Å². The molecule has 0 amide bonds. The van der Waals surface area contributed by atoms with Crippen molar-refractivity contribution in [1.82, 2.24) is 19.4 Å². The first-order valence-corrected chi connectivity index (χ1v) is 9.53. The summed E-state index contributed by atoms with van der Waals surface area (Å²) in [4.78, 5) is 12.2. The molecular formula is C20H29N5. The van der Waals surface area contributed by atoms with Crippen LogP contribution in [0.3, 0.4) is 0 Å². The highest BCUT2D eigenvalue weighted by molar-refractivity contribution is 5.55. The van der Waals surface area contributed by atoms with Crippen LogP contribution in [0.2, 0.25) is 0 Å². The number of hydrogen-bond acceptors (Lipinski definition) is 4. The molecule has 0 aliphatic carbocycles. The van der Waals surface area contributed by atoms with Crippen molar-refractivity contribution >= 4 is 5.69 Å². The predicted molar refractivity (Wildman–Crippen MR) is 102 cm³/mol. The maximum absolute atomic E-state index is 4.45. The fourth-order valence-corrected chi connectivity index (χ4v) is 4.03. The quantitative estimate of drug-likeness (QED) is 0.833. The Hall–Kier alpha value is -1.85. The number of para-hydroxylation sites is 1. The minimum Gasteiger partial charge on any atom is -0.370 e. The van der Waals surface area contributed by atoms with Crippen LogP contribution in [0.4, 0.5) is 5.69 Å². The Morgan fingerprint density at radius 2 is 1.76 bits per heavy atom. The molecule has 134 valence electrons. The third kappa shape index (κ3) is 3.88. The van der Waals surface area contributed by atoms with E-state index in [1.54, 1.807) is 0 Å². The summed E-state index contributed by atoms with van der Waals surface area (Å²) < 4.78 is 2.13. The number of rotatable bonds is 5. The van der Waals surface area contributed by atoms with E-state index in [4.69, 9.17) is 0 Å². The lowest BCUT2D eigenvalue weighted by Crippen LogP contribution is -2.48. The smallest absolute Gasteiger partial charge is 0.122 e. The van der Waals surface area contributed by atoms with Crippen LogP contribution in [0.15, 0.2) is 36.7 Å². The van der Waals surface area contributed by atoms with Gasteiger partial charge in [0.25, 0.3) is 0 Å². The van der Waals surface area contributed by atoms with Crippen molar-refractivity contribution < 1.29 is 0 Å². The largest absolute Gasteiger partial charge is 0.370 e. The van der Waals surface area contributed by atoms with E-state index in [0.717, 1.165) is 26.2 Å². The van der Waals surface area contributed by atoms with Crippen LogP contribution in [0.1, 0.15) is 17.8 Å². The van der Waals surface area contributed by atoms with Crippen molar-refractivity contribution in [1.29, 1.82) is 0 Å². The second-order valence-corrected chi connectivity index (χ2v) is 7.29. The molecule has 2 aliphatic heterocycles. The minimum absolute atomic E-state index is 0.969. The Morgan fingerprint density at radius 3 is 2.56 bits per heavy atom. The molecule has 2 aromatic rings. The Labute approximate surface area is 150 Å². The molecule has 3 heterocycles. The van der Waals surface area contributed by atoms with Gasteiger partial charge in [-0.05, 0) is 24.5 Å². The average Bonchev–Trinajstić information content (AvgIpc) is 3.06. The van der Waals surface area contributed by atoms with Crippen molar-refractivity contribution in [2.75, 3.05) is 50.7 Å². The minimum atomic E-state index is 0.969. The maximum Gasteiger partial charge on any atom is 0.122 e. The Kier molecular flexibility index (Phi) is 5.04. The molecule has 25 heavy (non-hydrogen) atoms. The van der Waals surface area contributed by atoms with Gasteiger partial charge in [0.05, 0.1) is 6.54 Å². The molecule has 4 rings (SSSR count). The third-order valence-electron chi connectivity index (χ3n) is 5.64. The van der Waals surface area contributed by atoms with Crippen LogP contribution in [0.25, 0.3) is 0 Å². The molecule has 1 aromatic heterocycles. The summed E-state index contributed by atoms with van der Waals surface area (Å²) in [7, 11) is 2.08. The predicted octanol–water partition coefficient (Wildman–Crippen LogP) is 1.99. The fourth-order valence-electron chi connectivity index (χ4n) is 4.03. The van der Waals surface area contributed by atoms with Gasteiger partial charge in [0.2, 0.25) is 0 Å². The molecule has 2 aliphatic rings. The maximum atomic E-state index is 4.45. The summed E-state index contributed by atoms with van der Waals surface area (Å²) in [6.45, 7) is 9.11. The van der Waals surface area contributed by atoms with E-state index in [0.29, 0.717) is 0 Å². The zero-order valence-corrected chi connectivity index (χ0v) is 15.3. The number of piperazine rings is 1. The van der Waals surface area contributed by atoms with Gasteiger partial charge in [-0.2, -0.15) is 0 Å². The van der Waals surface area contributed by atoms with Crippen molar-refractivity contribution in [2.45, 2.75) is 19.4 Å². The van der Waals surface area contributed by atoms with Crippen LogP contribution in [-0.2, 0) is 20.0 Å². The zero-order valence-electron chi connectivity index (χ0n) is 15.3. The van der Waals surface area contributed by atoms with Crippen molar-refractivity contribution in [2.24, 2.45) is 7.05 Å². The van der Waals surface area contributed by atoms with Gasteiger partial charge < -0.3 is 9.47 Å². The number of aromatic nitrogens is 2. The number of nitrogens with zero attached hydrogens (tertiary/aromatic N) is 5. The van der Waals surface area contributed by atoms with E-state index in [9.17, 15) is 0 Å². The highest BCUT2D eigenvalue weighted by Crippen LogP contribution is 2.26. The number of anilines is 1. The van der Waals surface area contributed by atoms with Gasteiger partial charge in [-0.15, -0.1) is 0 Å². The molecule has 0 atom stereocenters. The van der Waals surface area contributed by atoms with E-state index in [2.05, 4.69) is 55.6 Å². The van der Waals surface area contributed by atoms with E-state index >= 15 is 0 Å². The Morgan fingerprint density at radius 1 is 0.960 bits per heavy atom. The number of hydrogen-bond donors (Lipinski definition) is 0. The van der Waals surface area contributed by atoms with Crippen LogP contribution >= 0.6 is 0 Å². The highest BCUT2D eigenvalue weighted by Gasteiger charge is 2.20. The van der Waals surface area contributed by atoms with Crippen LogP contribution in [-0.4, -0.2) is 65.2 Å². The third-order valence-corrected chi connectivity index (χ3v) is 5.64. The van der Waals surface area contributed by atoms with E-state index in [1.807, 2.05) is 12.4 Å². The molecule has 0 spiro atoms. The topological polar surface area (TPSA) is 27.5 Å². The normalized spacial score (nSPS) is 19.2. The van der Waals surface area contributed by atoms with Crippen molar-refractivity contribution in [3.05, 3.63) is 48.0 Å². The van der Waals surface area contributed by atoms with Gasteiger partial charge in [0.1, 0.15) is 5.82 Å². The van der Waals surface area contributed by atoms with Gasteiger partial charge in [-0.3, -0.25) is 9.80 Å². The van der Waals surface area contributed by atoms with Crippen LogP contribution in [0, 0.1) is 0 Å². The molecule has 0 radical (unpaired) electrons. The standard InChI is InChI=1S/C20H29N5/c1-22-10-8-21-20(22)17-24-13-11-23(12-14-24)15-16-25-9-4-6-18-5-2-3-7-19(18)25/h2-3,5,7-8,10H,4,6,9,11-17H2,1H3. The fraction of sp³-hybridized carbons (Fsp3) is 0.550. The summed E-state index contributed by atoms with van der Waals surface area (Å²) in [5.74, 6) is 1.17. The van der Waals surface area contributed by atoms with Gasteiger partial charge in [-0.1, -0.05) is 18.2 Å². The first kappa shape index (κ1) is 16.6. The second-order valence-electron chi connectivity index (χ2n) is 7.29. The van der Waals surface area contributed by atoms with Crippen LogP contribution < -0.4 is 4.90 Å². The molecule has 0 bridgehead atoms. The molecule has 5 nitrogen and oxygen atoms in total. The zero-order chi connectivity index (χ0) is 17.1. The Balaban J connectivity index is 1.25. The van der Waals surface area contributed by atoms with E-state index in [-0.39, 0.29) is 0 Å². The number of fused-ring (bicyclic) bond motifs is 1. The number of benzene rings is 1. The van der Waals surface area contributed by atoms with E-state index in [1.165, 1.54) is 56.1 Å². The van der Waals surface area contributed by atoms with Crippen LogP contribution in [0.5, 0.6) is 0 Å². The lowest BCUT2D eigenvalue weighted by Gasteiger charge is -2.37. The molecule has 0 unspecified atom stereocenters. The summed E-state index contributed by atoms with van der Waals surface area (Å²) in [5, 5.41) is 0. The molecule has 0 saturated carbocycles. The van der Waals surface area contributed by atoms with Crippen molar-refractivity contribution in [3.8, 4) is 0 Å². The highest BCUT2D eigenvalue weighted by atomic mass is 15.3. The molecule has 5 heteroatoms. The summed E-state index contributed by atoms with van der Waals surface area (Å²) >= 11 is 0. The van der Waals surface area contributed by atoms with Gasteiger partial charge in [0, 0.05) is 70.9 Å². The lowest BCUT2D eigenvalue weighted by atomic mass is 10.0. The summed E-state index contributed by atoms with van der Waals surface area (Å²) in [5.41, 5.74) is 2.98. The molecule has 1 aromatic carbocycles. The average molecular weight is 339 g/mol. The first-order valence-electron chi connectivity index (χ1n) is 9.53. The molecule has 1 fully saturated rings. The van der Waals surface area contributed by atoms with Crippen molar-refractivity contribution in [3.63, 3.8) is 0 Å². The van der Waals surface area contributed by atoms with Gasteiger partial charge in [-0.25, -0.2) is 4.98 Å². The Bertz CT molecular complexity index is 687. The molecule has 1 saturated heterocycles. The summed E-state index contributed by atoms with van der Waals surface area (Å²) in [6, 6.07) is 8.92. The first-order chi connectivity index (χ1) is 12.3. The second kappa shape index (κ2) is 7.58.